The predicted molar refractivity (Wildman–Crippen MR) is 113 cm³/mol. The molecule has 1 aromatic heterocycles. The van der Waals surface area contributed by atoms with Crippen molar-refractivity contribution in [2.24, 2.45) is 0 Å². The van der Waals surface area contributed by atoms with Gasteiger partial charge in [0.15, 0.2) is 5.13 Å². The number of anilines is 1. The van der Waals surface area contributed by atoms with E-state index < -0.39 is 0 Å². The summed E-state index contributed by atoms with van der Waals surface area (Å²) in [7, 11) is 0. The topological polar surface area (TPSA) is 42.4 Å². The van der Waals surface area contributed by atoms with Gasteiger partial charge < -0.3 is 4.74 Å². The summed E-state index contributed by atoms with van der Waals surface area (Å²) in [6, 6.07) is 12.2. The molecule has 8 heteroatoms. The number of hydrogen-bond donors (Lipinski definition) is 0. The highest BCUT2D eigenvalue weighted by Gasteiger charge is 2.26. The van der Waals surface area contributed by atoms with Crippen LogP contribution in [0, 0.1) is 5.82 Å². The lowest BCUT2D eigenvalue weighted by Gasteiger charge is -2.23. The summed E-state index contributed by atoms with van der Waals surface area (Å²) in [5.74, 6) is -0.192. The van der Waals surface area contributed by atoms with Crippen molar-refractivity contribution in [2.45, 2.75) is 23.8 Å². The molecule has 2 aromatic carbocycles. The molecule has 0 N–H and O–H groups in total. The molecule has 4 rings (SSSR count). The number of para-hydroxylation sites is 1. The van der Waals surface area contributed by atoms with Crippen LogP contribution in [0.15, 0.2) is 47.4 Å². The van der Waals surface area contributed by atoms with Crippen LogP contribution in [-0.2, 0) is 9.53 Å². The van der Waals surface area contributed by atoms with Gasteiger partial charge in [0.2, 0.25) is 5.91 Å². The van der Waals surface area contributed by atoms with Crippen LogP contribution < -0.4 is 4.90 Å². The number of thiazole rings is 1. The molecule has 0 bridgehead atoms. The minimum Gasteiger partial charge on any atom is -0.376 e. The Balaban J connectivity index is 1.55. The standard InChI is InChI=1S/C20H18ClFN2O2S2/c21-13-6-8-15(9-7-13)27-12-18(25)24(11-14-3-2-10-26-14)20-23-19-16(22)4-1-5-17(19)28-20/h1,4-9,14H,2-3,10-12H2. The normalized spacial score (nSPS) is 16.6. The van der Waals surface area contributed by atoms with E-state index >= 15 is 0 Å². The minimum absolute atomic E-state index is 0.0126. The molecule has 0 saturated carbocycles. The van der Waals surface area contributed by atoms with E-state index in [-0.39, 0.29) is 23.6 Å². The van der Waals surface area contributed by atoms with Crippen molar-refractivity contribution in [3.05, 3.63) is 53.3 Å². The number of benzene rings is 2. The van der Waals surface area contributed by atoms with Crippen LogP contribution in [0.2, 0.25) is 5.02 Å². The van der Waals surface area contributed by atoms with Gasteiger partial charge in [0.25, 0.3) is 0 Å². The summed E-state index contributed by atoms with van der Waals surface area (Å²) in [5.41, 5.74) is 0.304. The number of ether oxygens (including phenoxy) is 1. The zero-order valence-corrected chi connectivity index (χ0v) is 17.3. The van der Waals surface area contributed by atoms with E-state index in [2.05, 4.69) is 4.98 Å². The second kappa shape index (κ2) is 8.78. The number of thioether (sulfide) groups is 1. The first-order chi connectivity index (χ1) is 13.6. The molecule has 3 aromatic rings. The van der Waals surface area contributed by atoms with Crippen molar-refractivity contribution in [1.29, 1.82) is 0 Å². The van der Waals surface area contributed by atoms with Crippen molar-refractivity contribution in [1.82, 2.24) is 4.98 Å². The number of halogens is 2. The molecule has 28 heavy (non-hydrogen) atoms. The maximum Gasteiger partial charge on any atom is 0.239 e. The van der Waals surface area contributed by atoms with Gasteiger partial charge in [0.05, 0.1) is 23.1 Å². The van der Waals surface area contributed by atoms with Crippen molar-refractivity contribution >= 4 is 56.0 Å². The van der Waals surface area contributed by atoms with Crippen molar-refractivity contribution in [3.8, 4) is 0 Å². The summed E-state index contributed by atoms with van der Waals surface area (Å²) in [4.78, 5) is 20.0. The Morgan fingerprint density at radius 3 is 2.86 bits per heavy atom. The molecule has 1 aliphatic rings. The zero-order valence-electron chi connectivity index (χ0n) is 14.9. The number of carbonyl (C=O) groups is 1. The molecule has 0 radical (unpaired) electrons. The molecule has 1 amide bonds. The molecule has 0 aliphatic carbocycles. The van der Waals surface area contributed by atoms with Crippen LogP contribution in [0.25, 0.3) is 10.2 Å². The summed E-state index contributed by atoms with van der Waals surface area (Å²) >= 11 is 8.68. The van der Waals surface area contributed by atoms with Crippen LogP contribution in [0.5, 0.6) is 0 Å². The first kappa shape index (κ1) is 19.6. The largest absolute Gasteiger partial charge is 0.376 e. The Hall–Kier alpha value is -1.67. The number of hydrogen-bond acceptors (Lipinski definition) is 5. The molecular weight excluding hydrogens is 419 g/mol. The second-order valence-corrected chi connectivity index (χ2v) is 8.96. The van der Waals surface area contributed by atoms with E-state index in [9.17, 15) is 9.18 Å². The van der Waals surface area contributed by atoms with E-state index in [0.717, 1.165) is 22.4 Å². The number of rotatable bonds is 6. The predicted octanol–water partition coefficient (Wildman–Crippen LogP) is 5.39. The molecule has 1 unspecified atom stereocenters. The number of carbonyl (C=O) groups excluding carboxylic acids is 1. The SMILES string of the molecule is O=C(CSc1ccc(Cl)cc1)N(CC1CCCO1)c1nc2c(F)cccc2s1. The number of fused-ring (bicyclic) bond motifs is 1. The molecule has 4 nitrogen and oxygen atoms in total. The molecule has 2 heterocycles. The van der Waals surface area contributed by atoms with Gasteiger partial charge in [-0.3, -0.25) is 9.69 Å². The van der Waals surface area contributed by atoms with Crippen LogP contribution in [0.3, 0.4) is 0 Å². The minimum atomic E-state index is -0.375. The van der Waals surface area contributed by atoms with Gasteiger partial charge in [0.1, 0.15) is 11.3 Å². The Labute approximate surface area is 175 Å². The van der Waals surface area contributed by atoms with Gasteiger partial charge in [-0.05, 0) is 49.2 Å². The third kappa shape index (κ3) is 4.49. The smallest absolute Gasteiger partial charge is 0.239 e. The average Bonchev–Trinajstić information content (AvgIpc) is 3.35. The second-order valence-electron chi connectivity index (χ2n) is 6.46. The molecule has 1 saturated heterocycles. The van der Waals surface area contributed by atoms with Crippen molar-refractivity contribution < 1.29 is 13.9 Å². The lowest BCUT2D eigenvalue weighted by molar-refractivity contribution is -0.116. The lowest BCUT2D eigenvalue weighted by Crippen LogP contribution is -2.38. The number of nitrogens with zero attached hydrogens (tertiary/aromatic N) is 2. The average molecular weight is 437 g/mol. The third-order valence-corrected chi connectivity index (χ3v) is 6.77. The Bertz CT molecular complexity index is 974. The third-order valence-electron chi connectivity index (χ3n) is 4.48. The maximum absolute atomic E-state index is 14.1. The van der Waals surface area contributed by atoms with Crippen LogP contribution in [-0.4, -0.2) is 35.9 Å². The quantitative estimate of drug-likeness (QED) is 0.485. The monoisotopic (exact) mass is 436 g/mol. The Morgan fingerprint density at radius 2 is 2.14 bits per heavy atom. The number of aromatic nitrogens is 1. The molecular formula is C20H18ClFN2O2S2. The van der Waals surface area contributed by atoms with Crippen LogP contribution in [0.4, 0.5) is 9.52 Å². The summed E-state index contributed by atoms with van der Waals surface area (Å²) in [5, 5.41) is 1.17. The Kier molecular flexibility index (Phi) is 6.16. The summed E-state index contributed by atoms with van der Waals surface area (Å²) < 4.78 is 20.5. The number of amides is 1. The molecule has 1 atom stereocenters. The highest BCUT2D eigenvalue weighted by Crippen LogP contribution is 2.32. The van der Waals surface area contributed by atoms with Gasteiger partial charge in [-0.15, -0.1) is 11.8 Å². The fourth-order valence-corrected chi connectivity index (χ4v) is 4.96. The van der Waals surface area contributed by atoms with Crippen molar-refractivity contribution in [3.63, 3.8) is 0 Å². The summed E-state index contributed by atoms with van der Waals surface area (Å²) in [6.07, 6.45) is 1.88. The first-order valence-electron chi connectivity index (χ1n) is 8.95. The van der Waals surface area contributed by atoms with Crippen LogP contribution >= 0.6 is 34.7 Å². The highest BCUT2D eigenvalue weighted by molar-refractivity contribution is 8.00. The molecule has 0 spiro atoms. The van der Waals surface area contributed by atoms with E-state index in [1.807, 2.05) is 18.2 Å². The molecule has 1 fully saturated rings. The fraction of sp³-hybridized carbons (Fsp3) is 0.300. The van der Waals surface area contributed by atoms with E-state index in [0.29, 0.717) is 28.8 Å². The first-order valence-corrected chi connectivity index (χ1v) is 11.1. The molecule has 146 valence electrons. The van der Waals surface area contributed by atoms with Crippen LogP contribution in [0.1, 0.15) is 12.8 Å². The lowest BCUT2D eigenvalue weighted by atomic mass is 10.2. The van der Waals surface area contributed by atoms with Gasteiger partial charge in [-0.2, -0.15) is 0 Å². The van der Waals surface area contributed by atoms with E-state index in [4.69, 9.17) is 16.3 Å². The Morgan fingerprint density at radius 1 is 1.32 bits per heavy atom. The maximum atomic E-state index is 14.1. The van der Waals surface area contributed by atoms with E-state index in [1.165, 1.54) is 29.2 Å². The zero-order chi connectivity index (χ0) is 19.5. The van der Waals surface area contributed by atoms with E-state index in [1.54, 1.807) is 23.1 Å². The molecule has 1 aliphatic heterocycles. The highest BCUT2D eigenvalue weighted by atomic mass is 35.5. The van der Waals surface area contributed by atoms with Gasteiger partial charge in [0, 0.05) is 16.5 Å². The summed E-state index contributed by atoms with van der Waals surface area (Å²) in [6.45, 7) is 1.14. The van der Waals surface area contributed by atoms with Gasteiger partial charge >= 0.3 is 0 Å². The van der Waals surface area contributed by atoms with Gasteiger partial charge in [-0.1, -0.05) is 29.0 Å². The fourth-order valence-electron chi connectivity index (χ4n) is 3.05. The van der Waals surface area contributed by atoms with Crippen molar-refractivity contribution in [2.75, 3.05) is 23.8 Å². The van der Waals surface area contributed by atoms with Gasteiger partial charge in [-0.25, -0.2) is 9.37 Å².